The quantitative estimate of drug-likeness (QED) is 0.696. The number of nitrogens with one attached hydrogen (secondary N) is 1. The van der Waals surface area contributed by atoms with Crippen LogP contribution in [0.25, 0.3) is 10.9 Å². The number of carbonyl (C=O) groups is 1. The number of amides is 1. The molecule has 6 rings (SSSR count). The topological polar surface area (TPSA) is 67.2 Å². The minimum atomic E-state index is -0.532. The molecule has 146 valence electrons. The van der Waals surface area contributed by atoms with Gasteiger partial charge in [-0.05, 0) is 36.1 Å². The van der Waals surface area contributed by atoms with Gasteiger partial charge in [0.15, 0.2) is 0 Å². The lowest BCUT2D eigenvalue weighted by Gasteiger charge is -2.41. The predicted octanol–water partition coefficient (Wildman–Crippen LogP) is 3.42. The van der Waals surface area contributed by atoms with Crippen LogP contribution >= 0.6 is 0 Å². The average Bonchev–Trinajstić information content (AvgIpc) is 3.25. The van der Waals surface area contributed by atoms with Gasteiger partial charge in [0.25, 0.3) is 5.56 Å². The van der Waals surface area contributed by atoms with Crippen LogP contribution in [0.1, 0.15) is 49.7 Å². The monoisotopic (exact) mass is 386 g/mol. The van der Waals surface area contributed by atoms with E-state index in [0.717, 1.165) is 17.9 Å². The summed E-state index contributed by atoms with van der Waals surface area (Å²) in [5.41, 5.74) is 2.94. The molecule has 1 aromatic heterocycles. The summed E-state index contributed by atoms with van der Waals surface area (Å²) in [5, 5.41) is 4.13. The number of nitrogens with zero attached hydrogens (tertiary/aromatic N) is 3. The van der Waals surface area contributed by atoms with Crippen LogP contribution in [0.15, 0.2) is 53.3 Å². The summed E-state index contributed by atoms with van der Waals surface area (Å²) < 4.78 is 1.68. The van der Waals surface area contributed by atoms with Crippen molar-refractivity contribution in [3.05, 3.63) is 70.3 Å². The van der Waals surface area contributed by atoms with Gasteiger partial charge in [0.2, 0.25) is 5.91 Å². The van der Waals surface area contributed by atoms with E-state index in [4.69, 9.17) is 4.98 Å². The third-order valence-electron chi connectivity index (χ3n) is 6.71. The maximum atomic E-state index is 13.7. The molecular weight excluding hydrogens is 364 g/mol. The maximum absolute atomic E-state index is 13.7. The van der Waals surface area contributed by atoms with Crippen molar-refractivity contribution in [3.63, 3.8) is 0 Å². The van der Waals surface area contributed by atoms with Crippen molar-refractivity contribution in [2.24, 2.45) is 5.92 Å². The Morgan fingerprint density at radius 1 is 1.07 bits per heavy atom. The van der Waals surface area contributed by atoms with Crippen molar-refractivity contribution in [2.75, 3.05) is 5.32 Å². The van der Waals surface area contributed by atoms with Gasteiger partial charge in [0.1, 0.15) is 18.0 Å². The van der Waals surface area contributed by atoms with E-state index >= 15 is 0 Å². The van der Waals surface area contributed by atoms with Gasteiger partial charge in [-0.3, -0.25) is 14.2 Å². The molecule has 0 aliphatic carbocycles. The van der Waals surface area contributed by atoms with Gasteiger partial charge in [0.05, 0.1) is 16.9 Å². The molecule has 3 aromatic rings. The molecule has 1 N–H and O–H groups in total. The SMILES string of the molecule is CC(C)[C@@H]1C(=O)N2[C@@H]3Nc4ccccc4[C@@H]3C[C@H]2c2nc3ccccc3c(=O)n21. The first-order chi connectivity index (χ1) is 14.1. The molecule has 1 amide bonds. The van der Waals surface area contributed by atoms with Crippen LogP contribution in [-0.4, -0.2) is 26.5 Å². The molecule has 3 aliphatic rings. The summed E-state index contributed by atoms with van der Waals surface area (Å²) in [5.74, 6) is 0.943. The molecule has 2 aromatic carbocycles. The van der Waals surface area contributed by atoms with Gasteiger partial charge in [-0.15, -0.1) is 0 Å². The summed E-state index contributed by atoms with van der Waals surface area (Å²) in [6.07, 6.45) is 0.694. The Hall–Kier alpha value is -3.15. The molecule has 29 heavy (non-hydrogen) atoms. The summed E-state index contributed by atoms with van der Waals surface area (Å²) in [6, 6.07) is 15.0. The third kappa shape index (κ3) is 2.09. The fourth-order valence-electron chi connectivity index (χ4n) is 5.48. The van der Waals surface area contributed by atoms with E-state index in [1.807, 2.05) is 49.1 Å². The fourth-order valence-corrected chi connectivity index (χ4v) is 5.48. The van der Waals surface area contributed by atoms with Crippen molar-refractivity contribution in [3.8, 4) is 0 Å². The maximum Gasteiger partial charge on any atom is 0.262 e. The Balaban J connectivity index is 1.59. The number of aromatic nitrogens is 2. The Bertz CT molecular complexity index is 1230. The van der Waals surface area contributed by atoms with Crippen molar-refractivity contribution < 1.29 is 4.79 Å². The van der Waals surface area contributed by atoms with Crippen LogP contribution in [0, 0.1) is 5.92 Å². The molecule has 6 heteroatoms. The third-order valence-corrected chi connectivity index (χ3v) is 6.71. The van der Waals surface area contributed by atoms with Crippen molar-refractivity contribution >= 4 is 22.5 Å². The lowest BCUT2D eigenvalue weighted by Crippen LogP contribution is -2.53. The number of fused-ring (bicyclic) bond motifs is 8. The van der Waals surface area contributed by atoms with E-state index in [1.165, 1.54) is 5.56 Å². The standard InChI is InChI=1S/C23H22N4O2/c1-12(2)19-23(29)26-18(11-15-13-7-3-5-9-16(13)24-20(15)26)21-25-17-10-6-4-8-14(17)22(28)27(19)21/h3-10,12,15,18-20,24H,11H2,1-2H3/t15-,18-,19+,20-/m0/s1. The number of hydrogen-bond acceptors (Lipinski definition) is 4. The van der Waals surface area contributed by atoms with E-state index in [0.29, 0.717) is 10.9 Å². The van der Waals surface area contributed by atoms with Crippen molar-refractivity contribution in [1.29, 1.82) is 0 Å². The van der Waals surface area contributed by atoms with Gasteiger partial charge < -0.3 is 10.2 Å². The normalized spacial score (nSPS) is 26.9. The van der Waals surface area contributed by atoms with E-state index in [-0.39, 0.29) is 35.5 Å². The largest absolute Gasteiger partial charge is 0.364 e. The zero-order valence-electron chi connectivity index (χ0n) is 16.4. The van der Waals surface area contributed by atoms with Gasteiger partial charge in [0, 0.05) is 11.6 Å². The molecular formula is C23H22N4O2. The molecule has 0 radical (unpaired) electrons. The second-order valence-corrected chi connectivity index (χ2v) is 8.63. The lowest BCUT2D eigenvalue weighted by atomic mass is 9.95. The molecule has 0 unspecified atom stereocenters. The first kappa shape index (κ1) is 16.8. The number of rotatable bonds is 1. The molecule has 0 bridgehead atoms. The minimum Gasteiger partial charge on any atom is -0.364 e. The summed E-state index contributed by atoms with van der Waals surface area (Å²) in [4.78, 5) is 34.0. The highest BCUT2D eigenvalue weighted by Crippen LogP contribution is 2.53. The highest BCUT2D eigenvalue weighted by atomic mass is 16.2. The summed E-state index contributed by atoms with van der Waals surface area (Å²) in [7, 11) is 0. The van der Waals surface area contributed by atoms with Crippen LogP contribution in [0.5, 0.6) is 0 Å². The van der Waals surface area contributed by atoms with Gasteiger partial charge in [-0.1, -0.05) is 44.2 Å². The highest BCUT2D eigenvalue weighted by molar-refractivity contribution is 5.86. The number of anilines is 1. The first-order valence-electron chi connectivity index (χ1n) is 10.2. The van der Waals surface area contributed by atoms with Crippen LogP contribution in [0.3, 0.4) is 0 Å². The molecule has 4 heterocycles. The number of carbonyl (C=O) groups excluding carboxylic acids is 1. The molecule has 0 saturated carbocycles. The zero-order chi connectivity index (χ0) is 19.9. The number of para-hydroxylation sites is 2. The van der Waals surface area contributed by atoms with Crippen LogP contribution < -0.4 is 10.9 Å². The lowest BCUT2D eigenvalue weighted by molar-refractivity contribution is -0.141. The van der Waals surface area contributed by atoms with Crippen molar-refractivity contribution in [2.45, 2.75) is 44.4 Å². The van der Waals surface area contributed by atoms with E-state index in [2.05, 4.69) is 17.4 Å². The van der Waals surface area contributed by atoms with Crippen LogP contribution in [-0.2, 0) is 4.79 Å². The number of benzene rings is 2. The van der Waals surface area contributed by atoms with Crippen LogP contribution in [0.2, 0.25) is 0 Å². The number of hydrogen-bond donors (Lipinski definition) is 1. The summed E-state index contributed by atoms with van der Waals surface area (Å²) in [6.45, 7) is 4.00. The molecule has 1 saturated heterocycles. The predicted molar refractivity (Wildman–Crippen MR) is 111 cm³/mol. The second-order valence-electron chi connectivity index (χ2n) is 8.63. The fraction of sp³-hybridized carbons (Fsp3) is 0.348. The molecule has 0 spiro atoms. The van der Waals surface area contributed by atoms with E-state index < -0.39 is 6.04 Å². The Kier molecular flexibility index (Phi) is 3.29. The molecule has 1 fully saturated rings. The van der Waals surface area contributed by atoms with Gasteiger partial charge in [-0.2, -0.15) is 0 Å². The van der Waals surface area contributed by atoms with E-state index in [9.17, 15) is 9.59 Å². The van der Waals surface area contributed by atoms with Gasteiger partial charge >= 0.3 is 0 Å². The molecule has 3 aliphatic heterocycles. The van der Waals surface area contributed by atoms with E-state index in [1.54, 1.807) is 10.6 Å². The Morgan fingerprint density at radius 2 is 1.83 bits per heavy atom. The van der Waals surface area contributed by atoms with Crippen LogP contribution in [0.4, 0.5) is 5.69 Å². The Labute approximate surface area is 168 Å². The van der Waals surface area contributed by atoms with Crippen molar-refractivity contribution in [1.82, 2.24) is 14.5 Å². The Morgan fingerprint density at radius 3 is 2.66 bits per heavy atom. The minimum absolute atomic E-state index is 0.00862. The average molecular weight is 386 g/mol. The first-order valence-corrected chi connectivity index (χ1v) is 10.2. The van der Waals surface area contributed by atoms with Gasteiger partial charge in [-0.25, -0.2) is 4.98 Å². The zero-order valence-corrected chi connectivity index (χ0v) is 16.4. The molecule has 6 nitrogen and oxygen atoms in total. The second kappa shape index (κ2) is 5.69. The summed E-state index contributed by atoms with van der Waals surface area (Å²) >= 11 is 0. The highest BCUT2D eigenvalue weighted by Gasteiger charge is 2.55. The smallest absolute Gasteiger partial charge is 0.262 e. The molecule has 4 atom stereocenters.